The van der Waals surface area contributed by atoms with E-state index in [9.17, 15) is 0 Å². The summed E-state index contributed by atoms with van der Waals surface area (Å²) in [6, 6.07) is 10.1. The number of hydrogen-bond donors (Lipinski definition) is 1. The van der Waals surface area contributed by atoms with E-state index in [0.717, 1.165) is 13.1 Å². The number of likely N-dealkylation sites (N-methyl/N-ethyl adjacent to an activating group) is 1. The second kappa shape index (κ2) is 7.95. The number of nitrogens with one attached hydrogen (secondary N) is 1. The molecule has 2 atom stereocenters. The first-order valence-corrected chi connectivity index (χ1v) is 8.29. The highest BCUT2D eigenvalue weighted by Crippen LogP contribution is 2.23. The smallest absolute Gasteiger partial charge is 0.0292 e. The minimum atomic E-state index is 0.230. The molecule has 0 heterocycles. The van der Waals surface area contributed by atoms with Gasteiger partial charge in [-0.15, -0.1) is 0 Å². The van der Waals surface area contributed by atoms with Crippen molar-refractivity contribution in [3.8, 4) is 0 Å². The van der Waals surface area contributed by atoms with Crippen molar-refractivity contribution in [2.24, 2.45) is 0 Å². The summed E-state index contributed by atoms with van der Waals surface area (Å²) in [6.45, 7) is 15.7. The molecule has 1 aromatic carbocycles. The van der Waals surface area contributed by atoms with Crippen molar-refractivity contribution in [2.45, 2.75) is 65.5 Å². The Morgan fingerprint density at radius 1 is 1.10 bits per heavy atom. The van der Waals surface area contributed by atoms with Gasteiger partial charge in [-0.1, -0.05) is 52.0 Å². The van der Waals surface area contributed by atoms with E-state index in [4.69, 9.17) is 0 Å². The van der Waals surface area contributed by atoms with Gasteiger partial charge in [-0.05, 0) is 43.9 Å². The monoisotopic (exact) mass is 290 g/mol. The van der Waals surface area contributed by atoms with Gasteiger partial charge < -0.3 is 10.2 Å². The van der Waals surface area contributed by atoms with E-state index in [2.05, 4.69) is 83.1 Å². The number of rotatable bonds is 7. The number of benzene rings is 1. The van der Waals surface area contributed by atoms with Crippen molar-refractivity contribution in [2.75, 3.05) is 20.1 Å². The van der Waals surface area contributed by atoms with Crippen molar-refractivity contribution < 1.29 is 0 Å². The third-order valence-electron chi connectivity index (χ3n) is 4.54. The third-order valence-corrected chi connectivity index (χ3v) is 4.54. The summed E-state index contributed by atoms with van der Waals surface area (Å²) in [7, 11) is 2.21. The molecule has 1 N–H and O–H groups in total. The molecule has 0 amide bonds. The molecule has 0 fully saturated rings. The maximum absolute atomic E-state index is 3.63. The Bertz CT molecular complexity index is 403. The first-order valence-electron chi connectivity index (χ1n) is 8.29. The first kappa shape index (κ1) is 18.2. The SMILES string of the molecule is CCC(C)N(C)CCNC(C)c1ccc(C(C)(C)C)cc1. The Labute approximate surface area is 131 Å². The molecule has 0 radical (unpaired) electrons. The standard InChI is InChI=1S/C19H34N2/c1-8-15(2)21(7)14-13-20-16(3)17-9-11-18(12-10-17)19(4,5)6/h9-12,15-16,20H,8,13-14H2,1-7H3. The van der Waals surface area contributed by atoms with Crippen LogP contribution < -0.4 is 5.32 Å². The third kappa shape index (κ3) is 5.80. The average molecular weight is 290 g/mol. The van der Waals surface area contributed by atoms with Crippen LogP contribution in [0.3, 0.4) is 0 Å². The molecule has 1 rings (SSSR count). The van der Waals surface area contributed by atoms with Gasteiger partial charge in [0.15, 0.2) is 0 Å². The summed E-state index contributed by atoms with van der Waals surface area (Å²) < 4.78 is 0. The molecule has 0 aliphatic carbocycles. The van der Waals surface area contributed by atoms with Crippen molar-refractivity contribution >= 4 is 0 Å². The van der Waals surface area contributed by atoms with Crippen molar-refractivity contribution in [3.63, 3.8) is 0 Å². The van der Waals surface area contributed by atoms with Crippen LogP contribution in [0.5, 0.6) is 0 Å². The fourth-order valence-corrected chi connectivity index (χ4v) is 2.38. The van der Waals surface area contributed by atoms with Crippen LogP contribution in [0, 0.1) is 0 Å². The minimum absolute atomic E-state index is 0.230. The van der Waals surface area contributed by atoms with Crippen molar-refractivity contribution in [1.82, 2.24) is 10.2 Å². The molecule has 2 heteroatoms. The largest absolute Gasteiger partial charge is 0.309 e. The minimum Gasteiger partial charge on any atom is -0.309 e. The lowest BCUT2D eigenvalue weighted by Gasteiger charge is -2.25. The fourth-order valence-electron chi connectivity index (χ4n) is 2.38. The van der Waals surface area contributed by atoms with E-state index in [1.165, 1.54) is 17.5 Å². The average Bonchev–Trinajstić information content (AvgIpc) is 2.45. The van der Waals surface area contributed by atoms with Gasteiger partial charge in [0.25, 0.3) is 0 Å². The van der Waals surface area contributed by atoms with Gasteiger partial charge in [0, 0.05) is 25.2 Å². The zero-order valence-corrected chi connectivity index (χ0v) is 15.0. The van der Waals surface area contributed by atoms with Crippen LogP contribution in [-0.4, -0.2) is 31.1 Å². The van der Waals surface area contributed by atoms with Gasteiger partial charge in [-0.25, -0.2) is 0 Å². The molecule has 0 spiro atoms. The zero-order valence-electron chi connectivity index (χ0n) is 15.0. The molecule has 21 heavy (non-hydrogen) atoms. The van der Waals surface area contributed by atoms with Crippen LogP contribution in [0.2, 0.25) is 0 Å². The Kier molecular flexibility index (Phi) is 6.89. The summed E-state index contributed by atoms with van der Waals surface area (Å²) in [5, 5.41) is 3.63. The van der Waals surface area contributed by atoms with Gasteiger partial charge >= 0.3 is 0 Å². The van der Waals surface area contributed by atoms with Gasteiger partial charge in [-0.3, -0.25) is 0 Å². The van der Waals surface area contributed by atoms with Gasteiger partial charge in [0.05, 0.1) is 0 Å². The molecular weight excluding hydrogens is 256 g/mol. The predicted molar refractivity (Wildman–Crippen MR) is 93.9 cm³/mol. The maximum Gasteiger partial charge on any atom is 0.0292 e. The highest BCUT2D eigenvalue weighted by Gasteiger charge is 2.14. The van der Waals surface area contributed by atoms with E-state index in [1.807, 2.05) is 0 Å². The molecule has 1 aromatic rings. The van der Waals surface area contributed by atoms with Crippen LogP contribution in [-0.2, 0) is 5.41 Å². The Morgan fingerprint density at radius 2 is 1.67 bits per heavy atom. The lowest BCUT2D eigenvalue weighted by atomic mass is 9.86. The van der Waals surface area contributed by atoms with Gasteiger partial charge in [0.1, 0.15) is 0 Å². The van der Waals surface area contributed by atoms with E-state index < -0.39 is 0 Å². The van der Waals surface area contributed by atoms with E-state index >= 15 is 0 Å². The van der Waals surface area contributed by atoms with Crippen LogP contribution in [0.1, 0.15) is 65.1 Å². The van der Waals surface area contributed by atoms with Gasteiger partial charge in [0.2, 0.25) is 0 Å². The zero-order chi connectivity index (χ0) is 16.0. The molecule has 0 aliphatic heterocycles. The summed E-state index contributed by atoms with van der Waals surface area (Å²) in [5.74, 6) is 0. The molecule has 0 bridgehead atoms. The molecule has 0 aromatic heterocycles. The second-order valence-corrected chi connectivity index (χ2v) is 7.29. The summed E-state index contributed by atoms with van der Waals surface area (Å²) in [6.07, 6.45) is 1.21. The number of nitrogens with zero attached hydrogens (tertiary/aromatic N) is 1. The van der Waals surface area contributed by atoms with Crippen LogP contribution >= 0.6 is 0 Å². The Morgan fingerprint density at radius 3 is 2.14 bits per heavy atom. The van der Waals surface area contributed by atoms with E-state index in [0.29, 0.717) is 12.1 Å². The Hall–Kier alpha value is -0.860. The topological polar surface area (TPSA) is 15.3 Å². The first-order chi connectivity index (χ1) is 9.75. The van der Waals surface area contributed by atoms with Crippen LogP contribution in [0.4, 0.5) is 0 Å². The van der Waals surface area contributed by atoms with E-state index in [-0.39, 0.29) is 5.41 Å². The second-order valence-electron chi connectivity index (χ2n) is 7.29. The van der Waals surface area contributed by atoms with Crippen LogP contribution in [0.25, 0.3) is 0 Å². The van der Waals surface area contributed by atoms with Crippen molar-refractivity contribution in [1.29, 1.82) is 0 Å². The highest BCUT2D eigenvalue weighted by molar-refractivity contribution is 5.28. The molecule has 0 aliphatic rings. The van der Waals surface area contributed by atoms with Gasteiger partial charge in [-0.2, -0.15) is 0 Å². The molecular formula is C19H34N2. The molecule has 2 unspecified atom stereocenters. The lowest BCUT2D eigenvalue weighted by molar-refractivity contribution is 0.249. The highest BCUT2D eigenvalue weighted by atomic mass is 15.1. The fraction of sp³-hybridized carbons (Fsp3) is 0.684. The van der Waals surface area contributed by atoms with Crippen LogP contribution in [0.15, 0.2) is 24.3 Å². The Balaban J connectivity index is 2.47. The summed E-state index contributed by atoms with van der Waals surface area (Å²) in [4.78, 5) is 2.42. The normalized spacial score (nSPS) is 15.2. The quantitative estimate of drug-likeness (QED) is 0.802. The predicted octanol–water partition coefficient (Wildman–Crippen LogP) is 4.37. The number of hydrogen-bond acceptors (Lipinski definition) is 2. The molecule has 2 nitrogen and oxygen atoms in total. The summed E-state index contributed by atoms with van der Waals surface area (Å²) >= 11 is 0. The summed E-state index contributed by atoms with van der Waals surface area (Å²) in [5.41, 5.74) is 3.00. The molecule has 120 valence electrons. The van der Waals surface area contributed by atoms with Crippen molar-refractivity contribution in [3.05, 3.63) is 35.4 Å². The molecule has 0 saturated heterocycles. The molecule has 0 saturated carbocycles. The van der Waals surface area contributed by atoms with E-state index in [1.54, 1.807) is 0 Å². The maximum atomic E-state index is 3.63. The lowest BCUT2D eigenvalue weighted by Crippen LogP contribution is -2.35.